The van der Waals surface area contributed by atoms with Gasteiger partial charge < -0.3 is 14.9 Å². The zero-order chi connectivity index (χ0) is 14.4. The normalized spacial score (nSPS) is 13.8. The van der Waals surface area contributed by atoms with Crippen LogP contribution in [-0.2, 0) is 0 Å². The minimum absolute atomic E-state index is 0.164. The van der Waals surface area contributed by atoms with E-state index in [0.717, 1.165) is 11.1 Å². The molecule has 1 unspecified atom stereocenters. The molecule has 0 aliphatic heterocycles. The van der Waals surface area contributed by atoms with Crippen LogP contribution in [0.2, 0.25) is 0 Å². The highest BCUT2D eigenvalue weighted by molar-refractivity contribution is 5.35. The van der Waals surface area contributed by atoms with Crippen LogP contribution in [0.4, 0.5) is 0 Å². The second-order valence-electron chi connectivity index (χ2n) is 4.70. The van der Waals surface area contributed by atoms with Crippen molar-refractivity contribution in [2.75, 3.05) is 6.61 Å². The molecule has 2 atom stereocenters. The summed E-state index contributed by atoms with van der Waals surface area (Å²) in [6.45, 7) is 2.08. The average Bonchev–Trinajstić information content (AvgIpc) is 2.53. The van der Waals surface area contributed by atoms with Crippen LogP contribution in [0.25, 0.3) is 0 Å². The molecule has 0 aromatic heterocycles. The van der Waals surface area contributed by atoms with Crippen molar-refractivity contribution in [3.63, 3.8) is 0 Å². The molecule has 3 nitrogen and oxygen atoms in total. The molecule has 2 N–H and O–H groups in total. The zero-order valence-corrected chi connectivity index (χ0v) is 11.6. The number of aliphatic hydroxyl groups is 2. The summed E-state index contributed by atoms with van der Waals surface area (Å²) in [6.07, 6.45) is -0.593. The number of aliphatic hydroxyl groups excluding tert-OH is 2. The van der Waals surface area contributed by atoms with Crippen LogP contribution in [-0.4, -0.2) is 16.8 Å². The van der Waals surface area contributed by atoms with Gasteiger partial charge in [0.05, 0.1) is 6.10 Å². The van der Waals surface area contributed by atoms with Crippen LogP contribution in [0.1, 0.15) is 36.7 Å². The van der Waals surface area contributed by atoms with Gasteiger partial charge in [-0.15, -0.1) is 0 Å². The first kappa shape index (κ1) is 14.6. The monoisotopic (exact) mass is 272 g/mol. The summed E-state index contributed by atoms with van der Waals surface area (Å²) in [6, 6.07) is 16.8. The van der Waals surface area contributed by atoms with E-state index in [1.165, 1.54) is 0 Å². The van der Waals surface area contributed by atoms with Gasteiger partial charge in [0.2, 0.25) is 0 Å². The van der Waals surface area contributed by atoms with E-state index in [2.05, 4.69) is 0 Å². The van der Waals surface area contributed by atoms with Gasteiger partial charge in [-0.25, -0.2) is 0 Å². The van der Waals surface area contributed by atoms with Crippen molar-refractivity contribution < 1.29 is 14.9 Å². The van der Waals surface area contributed by atoms with E-state index in [1.54, 1.807) is 0 Å². The molecule has 2 aromatic carbocycles. The Morgan fingerprint density at radius 2 is 1.55 bits per heavy atom. The summed E-state index contributed by atoms with van der Waals surface area (Å²) in [5.41, 5.74) is 1.58. The molecular weight excluding hydrogens is 252 g/mol. The first-order valence-electron chi connectivity index (χ1n) is 6.85. The molecule has 0 saturated heterocycles. The molecule has 0 saturated carbocycles. The van der Waals surface area contributed by atoms with Crippen LogP contribution < -0.4 is 4.74 Å². The number of rotatable bonds is 6. The van der Waals surface area contributed by atoms with E-state index in [9.17, 15) is 10.2 Å². The number of ether oxygens (including phenoxy) is 1. The minimum atomic E-state index is -0.678. The number of hydrogen-bond acceptors (Lipinski definition) is 3. The molecule has 0 radical (unpaired) electrons. The Bertz CT molecular complexity index is 525. The maximum absolute atomic E-state index is 10.1. The van der Waals surface area contributed by atoms with Crippen molar-refractivity contribution in [3.8, 4) is 5.75 Å². The third-order valence-corrected chi connectivity index (χ3v) is 3.25. The lowest BCUT2D eigenvalue weighted by molar-refractivity contribution is 0.103. The van der Waals surface area contributed by atoms with Crippen LogP contribution >= 0.6 is 0 Å². The molecule has 0 amide bonds. The van der Waals surface area contributed by atoms with Gasteiger partial charge in [-0.3, -0.25) is 0 Å². The van der Waals surface area contributed by atoms with Crippen molar-refractivity contribution in [2.45, 2.75) is 25.6 Å². The second-order valence-corrected chi connectivity index (χ2v) is 4.70. The van der Waals surface area contributed by atoms with Crippen molar-refractivity contribution in [1.82, 2.24) is 0 Å². The highest BCUT2D eigenvalue weighted by Crippen LogP contribution is 2.27. The highest BCUT2D eigenvalue weighted by Gasteiger charge is 2.13. The van der Waals surface area contributed by atoms with Gasteiger partial charge in [0, 0.05) is 5.56 Å². The Kier molecular flexibility index (Phi) is 5.16. The van der Waals surface area contributed by atoms with Crippen molar-refractivity contribution in [1.29, 1.82) is 0 Å². The standard InChI is InChI=1S/C17H20O3/c1-2-15(18)14-10-6-7-11-17(14)20-12-16(19)13-8-4-3-5-9-13/h3-11,15-16,18-19H,2,12H2,1H3/t15-,16?/m1/s1. The van der Waals surface area contributed by atoms with E-state index < -0.39 is 12.2 Å². The average molecular weight is 272 g/mol. The predicted molar refractivity (Wildman–Crippen MR) is 78.6 cm³/mol. The molecule has 20 heavy (non-hydrogen) atoms. The molecule has 3 heteroatoms. The Hall–Kier alpha value is -1.84. The summed E-state index contributed by atoms with van der Waals surface area (Å²) in [5, 5.41) is 20.0. The fourth-order valence-electron chi connectivity index (χ4n) is 2.05. The third-order valence-electron chi connectivity index (χ3n) is 3.25. The highest BCUT2D eigenvalue weighted by atomic mass is 16.5. The summed E-state index contributed by atoms with van der Waals surface area (Å²) in [5.74, 6) is 0.622. The molecule has 0 fully saturated rings. The molecule has 106 valence electrons. The fourth-order valence-corrected chi connectivity index (χ4v) is 2.05. The number of para-hydroxylation sites is 1. The molecule has 0 spiro atoms. The first-order chi connectivity index (χ1) is 9.72. The SMILES string of the molecule is CC[C@@H](O)c1ccccc1OCC(O)c1ccccc1. The molecule has 2 aromatic rings. The van der Waals surface area contributed by atoms with E-state index in [1.807, 2.05) is 61.5 Å². The van der Waals surface area contributed by atoms with E-state index >= 15 is 0 Å². The Balaban J connectivity index is 2.04. The van der Waals surface area contributed by atoms with Gasteiger partial charge in [0.15, 0.2) is 0 Å². The Morgan fingerprint density at radius 1 is 0.900 bits per heavy atom. The van der Waals surface area contributed by atoms with Crippen LogP contribution in [0.3, 0.4) is 0 Å². The van der Waals surface area contributed by atoms with Crippen LogP contribution in [0, 0.1) is 0 Å². The molecule has 0 aliphatic rings. The van der Waals surface area contributed by atoms with Crippen LogP contribution in [0.5, 0.6) is 5.75 Å². The lowest BCUT2D eigenvalue weighted by Gasteiger charge is -2.17. The van der Waals surface area contributed by atoms with E-state index in [-0.39, 0.29) is 6.61 Å². The molecular formula is C17H20O3. The van der Waals surface area contributed by atoms with E-state index in [4.69, 9.17) is 4.74 Å². The fraction of sp³-hybridized carbons (Fsp3) is 0.294. The molecule has 0 aliphatic carbocycles. The van der Waals surface area contributed by atoms with Crippen molar-refractivity contribution >= 4 is 0 Å². The lowest BCUT2D eigenvalue weighted by atomic mass is 10.1. The zero-order valence-electron chi connectivity index (χ0n) is 11.6. The summed E-state index contributed by atoms with van der Waals surface area (Å²) in [7, 11) is 0. The van der Waals surface area contributed by atoms with Crippen molar-refractivity contribution in [3.05, 3.63) is 65.7 Å². The molecule has 0 heterocycles. The van der Waals surface area contributed by atoms with E-state index in [0.29, 0.717) is 12.2 Å². The largest absolute Gasteiger partial charge is 0.490 e. The quantitative estimate of drug-likeness (QED) is 0.848. The van der Waals surface area contributed by atoms with Gasteiger partial charge in [0.1, 0.15) is 18.5 Å². The topological polar surface area (TPSA) is 49.7 Å². The maximum Gasteiger partial charge on any atom is 0.125 e. The molecule has 2 rings (SSSR count). The Morgan fingerprint density at radius 3 is 2.25 bits per heavy atom. The van der Waals surface area contributed by atoms with Gasteiger partial charge in [-0.1, -0.05) is 55.5 Å². The minimum Gasteiger partial charge on any atom is -0.490 e. The molecule has 0 bridgehead atoms. The van der Waals surface area contributed by atoms with Gasteiger partial charge in [-0.2, -0.15) is 0 Å². The van der Waals surface area contributed by atoms with Gasteiger partial charge >= 0.3 is 0 Å². The number of benzene rings is 2. The smallest absolute Gasteiger partial charge is 0.125 e. The third kappa shape index (κ3) is 3.59. The van der Waals surface area contributed by atoms with Crippen LogP contribution in [0.15, 0.2) is 54.6 Å². The maximum atomic E-state index is 10.1. The van der Waals surface area contributed by atoms with Gasteiger partial charge in [-0.05, 0) is 18.1 Å². The number of hydrogen-bond donors (Lipinski definition) is 2. The lowest BCUT2D eigenvalue weighted by Crippen LogP contribution is -2.11. The van der Waals surface area contributed by atoms with Crippen molar-refractivity contribution in [2.24, 2.45) is 0 Å². The predicted octanol–water partition coefficient (Wildman–Crippen LogP) is 3.24. The summed E-state index contributed by atoms with van der Waals surface area (Å²) >= 11 is 0. The summed E-state index contributed by atoms with van der Waals surface area (Å²) < 4.78 is 5.67. The first-order valence-corrected chi connectivity index (χ1v) is 6.85. The Labute approximate surface area is 119 Å². The summed E-state index contributed by atoms with van der Waals surface area (Å²) in [4.78, 5) is 0. The second kappa shape index (κ2) is 7.08. The van der Waals surface area contributed by atoms with Gasteiger partial charge in [0.25, 0.3) is 0 Å².